The molecule has 1 saturated carbocycles. The smallest absolute Gasteiger partial charge is 0.0580 e. The van der Waals surface area contributed by atoms with Gasteiger partial charge in [-0.1, -0.05) is 13.8 Å². The van der Waals surface area contributed by atoms with Gasteiger partial charge in [0.25, 0.3) is 0 Å². The summed E-state index contributed by atoms with van der Waals surface area (Å²) in [5.74, 6) is 1.52. The van der Waals surface area contributed by atoms with Gasteiger partial charge in [0.1, 0.15) is 0 Å². The summed E-state index contributed by atoms with van der Waals surface area (Å²) >= 11 is 0. The van der Waals surface area contributed by atoms with E-state index < -0.39 is 6.56 Å². The average Bonchev–Trinajstić information content (AvgIpc) is 1.78. The van der Waals surface area contributed by atoms with Gasteiger partial charge < -0.3 is 4.74 Å². The Balaban J connectivity index is 2.12. The molecule has 0 aromatic carbocycles. The van der Waals surface area contributed by atoms with Crippen molar-refractivity contribution in [2.45, 2.75) is 46.1 Å². The van der Waals surface area contributed by atoms with E-state index in [2.05, 4.69) is 13.8 Å². The summed E-state index contributed by atoms with van der Waals surface area (Å²) < 4.78 is 19.7. The predicted octanol–water partition coefficient (Wildman–Crippen LogP) is 2.85. The van der Waals surface area contributed by atoms with Crippen LogP contribution in [0.25, 0.3) is 0 Å². The molecule has 0 heterocycles. The van der Waals surface area contributed by atoms with Crippen molar-refractivity contribution in [2.24, 2.45) is 11.8 Å². The Bertz CT molecular complexity index is 157. The fraction of sp³-hybridized carbons (Fsp3) is 1.00. The maximum atomic E-state index is 7.25. The summed E-state index contributed by atoms with van der Waals surface area (Å²) in [4.78, 5) is 0. The van der Waals surface area contributed by atoms with E-state index in [9.17, 15) is 0 Å². The van der Waals surface area contributed by atoms with E-state index in [0.717, 1.165) is 24.7 Å². The first-order chi connectivity index (χ1) is 5.87. The Kier molecular flexibility index (Phi) is 2.41. The van der Waals surface area contributed by atoms with Gasteiger partial charge in [0.2, 0.25) is 0 Å². The van der Waals surface area contributed by atoms with Crippen molar-refractivity contribution in [2.75, 3.05) is 6.56 Å². The van der Waals surface area contributed by atoms with Crippen molar-refractivity contribution < 1.29 is 7.48 Å². The van der Waals surface area contributed by atoms with Crippen molar-refractivity contribution in [3.05, 3.63) is 0 Å². The van der Waals surface area contributed by atoms with Crippen molar-refractivity contribution >= 4 is 0 Å². The lowest BCUT2D eigenvalue weighted by Gasteiger charge is -2.35. The number of hydrogen-bond acceptors (Lipinski definition) is 1. The fourth-order valence-corrected chi connectivity index (χ4v) is 1.80. The average molecular weight is 158 g/mol. The molecule has 0 aromatic heterocycles. The van der Waals surface area contributed by atoms with Gasteiger partial charge in [0, 0.05) is 6.56 Å². The molecule has 11 heavy (non-hydrogen) atoms. The maximum absolute atomic E-state index is 7.25. The molecular formula is C10H20O. The number of ether oxygens (including phenoxy) is 1. The van der Waals surface area contributed by atoms with Gasteiger partial charge in [-0.15, -0.1) is 0 Å². The van der Waals surface area contributed by atoms with Crippen LogP contribution in [0.4, 0.5) is 0 Å². The highest BCUT2D eigenvalue weighted by atomic mass is 16.5. The van der Waals surface area contributed by atoms with Crippen LogP contribution in [-0.2, 0) is 4.74 Å². The first kappa shape index (κ1) is 6.47. The number of rotatable bonds is 4. The normalized spacial score (nSPS) is 34.5. The quantitative estimate of drug-likeness (QED) is 0.611. The molecular weight excluding hydrogens is 136 g/mol. The zero-order valence-corrected chi connectivity index (χ0v) is 7.76. The van der Waals surface area contributed by atoms with E-state index in [1.165, 1.54) is 13.3 Å². The molecule has 0 amide bonds. The van der Waals surface area contributed by atoms with E-state index in [1.807, 2.05) is 0 Å². The van der Waals surface area contributed by atoms with E-state index in [1.54, 1.807) is 0 Å². The van der Waals surface area contributed by atoms with E-state index >= 15 is 0 Å². The van der Waals surface area contributed by atoms with E-state index in [0.29, 0.717) is 0 Å². The summed E-state index contributed by atoms with van der Waals surface area (Å²) in [5.41, 5.74) is 0. The van der Waals surface area contributed by atoms with Crippen LogP contribution >= 0.6 is 0 Å². The minimum absolute atomic E-state index is 0.170. The molecule has 0 saturated heterocycles. The molecule has 0 aromatic rings. The zero-order chi connectivity index (χ0) is 10.1. The van der Waals surface area contributed by atoms with Crippen molar-refractivity contribution in [1.82, 2.24) is 0 Å². The molecule has 1 heteroatoms. The highest BCUT2D eigenvalue weighted by molar-refractivity contribution is 4.80. The molecule has 0 radical (unpaired) electrons. The Morgan fingerprint density at radius 2 is 2.18 bits per heavy atom. The van der Waals surface area contributed by atoms with E-state index in [4.69, 9.17) is 7.48 Å². The second-order valence-corrected chi connectivity index (χ2v) is 3.91. The highest BCUT2D eigenvalue weighted by Crippen LogP contribution is 2.34. The zero-order valence-electron chi connectivity index (χ0n) is 9.76. The lowest BCUT2D eigenvalue weighted by Crippen LogP contribution is -2.32. The van der Waals surface area contributed by atoms with Crippen LogP contribution < -0.4 is 0 Å². The molecule has 0 N–H and O–H groups in total. The summed E-state index contributed by atoms with van der Waals surface area (Å²) in [5, 5.41) is 0. The van der Waals surface area contributed by atoms with Crippen LogP contribution in [-0.4, -0.2) is 12.7 Å². The topological polar surface area (TPSA) is 9.23 Å². The highest BCUT2D eigenvalue weighted by Gasteiger charge is 2.29. The molecule has 0 atom stereocenters. The van der Waals surface area contributed by atoms with Gasteiger partial charge in [0.05, 0.1) is 8.85 Å². The van der Waals surface area contributed by atoms with Gasteiger partial charge in [-0.3, -0.25) is 0 Å². The van der Waals surface area contributed by atoms with Crippen molar-refractivity contribution in [3.8, 4) is 0 Å². The standard InChI is InChI=1S/C10H20O/c1-4-11-10-6-9(7-10)5-8(2)3/h8-10H,4-7H2,1-3H3/i4D2. The van der Waals surface area contributed by atoms with Crippen LogP contribution in [0.15, 0.2) is 0 Å². The fourth-order valence-electron chi connectivity index (χ4n) is 1.80. The molecule has 1 aliphatic carbocycles. The molecule has 0 aliphatic heterocycles. The van der Waals surface area contributed by atoms with Crippen LogP contribution in [0.1, 0.15) is 42.8 Å². The Labute approximate surface area is 72.9 Å². The summed E-state index contributed by atoms with van der Waals surface area (Å²) in [7, 11) is 0. The molecule has 0 bridgehead atoms. The lowest BCUT2D eigenvalue weighted by atomic mass is 9.77. The maximum Gasteiger partial charge on any atom is 0.0580 e. The molecule has 0 unspecified atom stereocenters. The van der Waals surface area contributed by atoms with Crippen LogP contribution in [0, 0.1) is 11.8 Å². The van der Waals surface area contributed by atoms with Crippen molar-refractivity contribution in [3.63, 3.8) is 0 Å². The summed E-state index contributed by atoms with van der Waals surface area (Å²) in [6.45, 7) is 4.48. The second kappa shape index (κ2) is 4.10. The molecule has 1 rings (SSSR count). The molecule has 0 spiro atoms. The first-order valence-electron chi connectivity index (χ1n) is 5.54. The van der Waals surface area contributed by atoms with Crippen molar-refractivity contribution in [1.29, 1.82) is 0 Å². The predicted molar refractivity (Wildman–Crippen MR) is 47.6 cm³/mol. The van der Waals surface area contributed by atoms with Gasteiger partial charge in [-0.05, 0) is 38.0 Å². The first-order valence-corrected chi connectivity index (χ1v) is 4.54. The minimum Gasteiger partial charge on any atom is -0.378 e. The van der Waals surface area contributed by atoms with Crippen LogP contribution in [0.2, 0.25) is 0 Å². The summed E-state index contributed by atoms with van der Waals surface area (Å²) in [6, 6.07) is 0. The second-order valence-electron chi connectivity index (χ2n) is 3.91. The lowest BCUT2D eigenvalue weighted by molar-refractivity contribution is -0.0295. The minimum atomic E-state index is -1.45. The van der Waals surface area contributed by atoms with Gasteiger partial charge >= 0.3 is 0 Å². The Morgan fingerprint density at radius 3 is 2.64 bits per heavy atom. The summed E-state index contributed by atoms with van der Waals surface area (Å²) in [6.07, 6.45) is 3.52. The van der Waals surface area contributed by atoms with Gasteiger partial charge in [-0.2, -0.15) is 0 Å². The van der Waals surface area contributed by atoms with Gasteiger partial charge in [-0.25, -0.2) is 0 Å². The Morgan fingerprint density at radius 1 is 1.55 bits per heavy atom. The van der Waals surface area contributed by atoms with Gasteiger partial charge in [0.15, 0.2) is 0 Å². The van der Waals surface area contributed by atoms with Crippen LogP contribution in [0.3, 0.4) is 0 Å². The molecule has 66 valence electrons. The molecule has 1 aliphatic rings. The van der Waals surface area contributed by atoms with Crippen LogP contribution in [0.5, 0.6) is 0 Å². The van der Waals surface area contributed by atoms with E-state index in [-0.39, 0.29) is 6.10 Å². The number of hydrogen-bond donors (Lipinski definition) is 0. The third-order valence-electron chi connectivity index (χ3n) is 2.28. The molecule has 1 fully saturated rings. The largest absolute Gasteiger partial charge is 0.378 e. The third-order valence-corrected chi connectivity index (χ3v) is 2.28. The third kappa shape index (κ3) is 2.82. The molecule has 1 nitrogen and oxygen atoms in total. The monoisotopic (exact) mass is 158 g/mol. The SMILES string of the molecule is [2H]C([2H])(C)OC1CC(CC(C)C)C1. The Hall–Kier alpha value is -0.0400.